The van der Waals surface area contributed by atoms with E-state index in [9.17, 15) is 4.79 Å². The number of rotatable bonds is 2. The van der Waals surface area contributed by atoms with Gasteiger partial charge in [-0.1, -0.05) is 24.1 Å². The molecule has 0 aromatic heterocycles. The van der Waals surface area contributed by atoms with Gasteiger partial charge in [0, 0.05) is 21.8 Å². The summed E-state index contributed by atoms with van der Waals surface area (Å²) in [5, 5.41) is 0. The highest BCUT2D eigenvalue weighted by atomic mass is 79.9. The summed E-state index contributed by atoms with van der Waals surface area (Å²) in [6.45, 7) is 0. The van der Waals surface area contributed by atoms with E-state index in [0.717, 1.165) is 12.0 Å². The third-order valence-electron chi connectivity index (χ3n) is 2.80. The first-order valence-electron chi connectivity index (χ1n) is 5.06. The number of methoxy groups -OCH3 is 1. The standard InChI is InChI=1S/C13H11BrO2/c1-16-13(15)11-5-3-2-4-10(11)12-8-9(12)6-7-14/h2-5,9,12H,8H2,1H3/t9-,12-/m1/s1. The molecular formula is C13H11BrO2. The van der Waals surface area contributed by atoms with Crippen molar-refractivity contribution in [3.05, 3.63) is 35.4 Å². The van der Waals surface area contributed by atoms with Crippen molar-refractivity contribution in [2.24, 2.45) is 5.92 Å². The maximum absolute atomic E-state index is 11.6. The summed E-state index contributed by atoms with van der Waals surface area (Å²) in [5.41, 5.74) is 1.71. The Morgan fingerprint density at radius 2 is 2.25 bits per heavy atom. The lowest BCUT2D eigenvalue weighted by Gasteiger charge is -2.05. The number of benzene rings is 1. The third-order valence-corrected chi connectivity index (χ3v) is 3.02. The van der Waals surface area contributed by atoms with Crippen molar-refractivity contribution >= 4 is 21.9 Å². The normalized spacial score (nSPS) is 21.9. The summed E-state index contributed by atoms with van der Waals surface area (Å²) < 4.78 is 4.77. The van der Waals surface area contributed by atoms with Crippen LogP contribution in [-0.4, -0.2) is 13.1 Å². The lowest BCUT2D eigenvalue weighted by Crippen LogP contribution is -2.05. The first-order valence-corrected chi connectivity index (χ1v) is 5.85. The average molecular weight is 279 g/mol. The molecule has 16 heavy (non-hydrogen) atoms. The van der Waals surface area contributed by atoms with Gasteiger partial charge >= 0.3 is 5.97 Å². The van der Waals surface area contributed by atoms with E-state index in [0.29, 0.717) is 17.4 Å². The number of carbonyl (C=O) groups is 1. The van der Waals surface area contributed by atoms with Gasteiger partial charge < -0.3 is 4.74 Å². The molecule has 0 N–H and O–H groups in total. The minimum Gasteiger partial charge on any atom is -0.465 e. The highest BCUT2D eigenvalue weighted by molar-refractivity contribution is 9.12. The molecule has 1 aromatic carbocycles. The predicted octanol–water partition coefficient (Wildman–Crippen LogP) is 2.93. The van der Waals surface area contributed by atoms with E-state index in [2.05, 4.69) is 26.7 Å². The minimum atomic E-state index is -0.270. The van der Waals surface area contributed by atoms with E-state index >= 15 is 0 Å². The Hall–Kier alpha value is -1.27. The number of ether oxygens (including phenoxy) is 1. The number of esters is 1. The predicted molar refractivity (Wildman–Crippen MR) is 65.3 cm³/mol. The number of carbonyl (C=O) groups excluding carboxylic acids is 1. The Bertz CT molecular complexity index is 470. The number of hydrogen-bond acceptors (Lipinski definition) is 2. The van der Waals surface area contributed by atoms with Crippen LogP contribution < -0.4 is 0 Å². The maximum atomic E-state index is 11.6. The molecule has 2 nitrogen and oxygen atoms in total. The lowest BCUT2D eigenvalue weighted by molar-refractivity contribution is 0.0599. The van der Waals surface area contributed by atoms with Crippen molar-refractivity contribution in [2.45, 2.75) is 12.3 Å². The second-order valence-corrected chi connectivity index (χ2v) is 4.16. The van der Waals surface area contributed by atoms with Gasteiger partial charge in [-0.15, -0.1) is 0 Å². The van der Waals surface area contributed by atoms with E-state index in [1.165, 1.54) is 7.11 Å². The molecule has 1 aliphatic carbocycles. The fourth-order valence-electron chi connectivity index (χ4n) is 1.88. The fourth-order valence-corrected chi connectivity index (χ4v) is 2.18. The number of halogens is 1. The van der Waals surface area contributed by atoms with Gasteiger partial charge in [-0.2, -0.15) is 0 Å². The van der Waals surface area contributed by atoms with E-state index in [1.54, 1.807) is 6.07 Å². The highest BCUT2D eigenvalue weighted by Crippen LogP contribution is 2.48. The highest BCUT2D eigenvalue weighted by Gasteiger charge is 2.39. The second kappa shape index (κ2) is 4.71. The molecule has 2 rings (SSSR count). The average Bonchev–Trinajstić information content (AvgIpc) is 3.08. The van der Waals surface area contributed by atoms with E-state index < -0.39 is 0 Å². The minimum absolute atomic E-state index is 0.270. The van der Waals surface area contributed by atoms with Crippen LogP contribution in [0.5, 0.6) is 0 Å². The second-order valence-electron chi connectivity index (χ2n) is 3.77. The molecule has 0 spiro atoms. The molecular weight excluding hydrogens is 268 g/mol. The van der Waals surface area contributed by atoms with Gasteiger partial charge in [0.25, 0.3) is 0 Å². The van der Waals surface area contributed by atoms with Gasteiger partial charge in [-0.05, 0) is 28.8 Å². The molecule has 0 radical (unpaired) electrons. The molecule has 0 amide bonds. The van der Waals surface area contributed by atoms with Crippen LogP contribution in [0.2, 0.25) is 0 Å². The van der Waals surface area contributed by atoms with E-state index in [-0.39, 0.29) is 5.97 Å². The largest absolute Gasteiger partial charge is 0.465 e. The summed E-state index contributed by atoms with van der Waals surface area (Å²) in [7, 11) is 1.40. The Morgan fingerprint density at radius 1 is 1.50 bits per heavy atom. The number of hydrogen-bond donors (Lipinski definition) is 0. The Labute approximate surface area is 103 Å². The van der Waals surface area contributed by atoms with E-state index in [1.807, 2.05) is 18.2 Å². The van der Waals surface area contributed by atoms with Crippen molar-refractivity contribution in [2.75, 3.05) is 7.11 Å². The topological polar surface area (TPSA) is 26.3 Å². The maximum Gasteiger partial charge on any atom is 0.338 e. The van der Waals surface area contributed by atoms with Gasteiger partial charge in [0.2, 0.25) is 0 Å². The van der Waals surface area contributed by atoms with Crippen LogP contribution in [0.4, 0.5) is 0 Å². The van der Waals surface area contributed by atoms with Gasteiger partial charge in [-0.25, -0.2) is 4.79 Å². The van der Waals surface area contributed by atoms with E-state index in [4.69, 9.17) is 4.74 Å². The Balaban J connectivity index is 2.27. The summed E-state index contributed by atoms with van der Waals surface area (Å²) >= 11 is 3.10. The summed E-state index contributed by atoms with van der Waals surface area (Å²) in [6, 6.07) is 7.58. The van der Waals surface area contributed by atoms with Gasteiger partial charge in [0.15, 0.2) is 0 Å². The summed E-state index contributed by atoms with van der Waals surface area (Å²) in [5.74, 6) is 3.54. The zero-order chi connectivity index (χ0) is 11.5. The van der Waals surface area contributed by atoms with Gasteiger partial charge in [-0.3, -0.25) is 0 Å². The Kier molecular flexibility index (Phi) is 3.31. The SMILES string of the molecule is COC(=O)c1ccccc1[C@@H]1C[C@H]1C#CBr. The van der Waals surface area contributed by atoms with Crippen LogP contribution in [0.1, 0.15) is 28.3 Å². The van der Waals surface area contributed by atoms with Crippen LogP contribution >= 0.6 is 15.9 Å². The first kappa shape index (κ1) is 11.2. The molecule has 0 aliphatic heterocycles. The third kappa shape index (κ3) is 2.12. The summed E-state index contributed by atoms with van der Waals surface area (Å²) in [6.07, 6.45) is 1.02. The molecule has 3 heteroatoms. The van der Waals surface area contributed by atoms with Crippen LogP contribution in [-0.2, 0) is 4.74 Å². The van der Waals surface area contributed by atoms with Crippen LogP contribution in [0, 0.1) is 16.7 Å². The van der Waals surface area contributed by atoms with Crippen molar-refractivity contribution in [1.82, 2.24) is 0 Å². The molecule has 0 bridgehead atoms. The smallest absolute Gasteiger partial charge is 0.338 e. The first-order chi connectivity index (χ1) is 7.77. The lowest BCUT2D eigenvalue weighted by atomic mass is 10.0. The molecule has 1 saturated carbocycles. The van der Waals surface area contributed by atoms with Crippen molar-refractivity contribution < 1.29 is 9.53 Å². The molecule has 1 fully saturated rings. The zero-order valence-corrected chi connectivity index (χ0v) is 10.5. The summed E-state index contributed by atoms with van der Waals surface area (Å²) in [4.78, 5) is 14.3. The quantitative estimate of drug-likeness (QED) is 0.614. The van der Waals surface area contributed by atoms with Crippen molar-refractivity contribution in [1.29, 1.82) is 0 Å². The molecule has 0 saturated heterocycles. The van der Waals surface area contributed by atoms with Crippen LogP contribution in [0.15, 0.2) is 24.3 Å². The molecule has 82 valence electrons. The Morgan fingerprint density at radius 3 is 2.94 bits per heavy atom. The molecule has 0 heterocycles. The molecule has 1 aromatic rings. The monoisotopic (exact) mass is 278 g/mol. The van der Waals surface area contributed by atoms with Gasteiger partial charge in [0.05, 0.1) is 12.7 Å². The molecule has 0 unspecified atom stereocenters. The van der Waals surface area contributed by atoms with Crippen LogP contribution in [0.25, 0.3) is 0 Å². The van der Waals surface area contributed by atoms with Crippen molar-refractivity contribution in [3.8, 4) is 10.8 Å². The molecule has 1 aliphatic rings. The van der Waals surface area contributed by atoms with Gasteiger partial charge in [0.1, 0.15) is 0 Å². The zero-order valence-electron chi connectivity index (χ0n) is 8.87. The van der Waals surface area contributed by atoms with Crippen LogP contribution in [0.3, 0.4) is 0 Å². The molecule has 2 atom stereocenters. The van der Waals surface area contributed by atoms with Crippen molar-refractivity contribution in [3.63, 3.8) is 0 Å². The fraction of sp³-hybridized carbons (Fsp3) is 0.308.